The molecular formula is C5H10NO3S2. The summed E-state index contributed by atoms with van der Waals surface area (Å²) in [7, 11) is -1.85. The Bertz CT molecular complexity index is 224. The van der Waals surface area contributed by atoms with Crippen LogP contribution in [0.5, 0.6) is 0 Å². The van der Waals surface area contributed by atoms with Crippen molar-refractivity contribution in [1.82, 2.24) is 4.31 Å². The molecule has 11 heavy (non-hydrogen) atoms. The third-order valence-electron chi connectivity index (χ3n) is 1.13. The second kappa shape index (κ2) is 4.10. The van der Waals surface area contributed by atoms with Crippen molar-refractivity contribution in [2.24, 2.45) is 0 Å². The molecule has 0 aromatic carbocycles. The molecule has 0 amide bonds. The Balaban J connectivity index is 4.09. The highest BCUT2D eigenvalue weighted by atomic mass is 32.2. The van der Waals surface area contributed by atoms with Gasteiger partial charge in [0.05, 0.1) is 11.6 Å². The van der Waals surface area contributed by atoms with Crippen LogP contribution in [0.3, 0.4) is 0 Å². The first-order valence-corrected chi connectivity index (χ1v) is 5.10. The van der Waals surface area contributed by atoms with Crippen LogP contribution in [0.4, 0.5) is 0 Å². The zero-order chi connectivity index (χ0) is 9.07. The van der Waals surface area contributed by atoms with Gasteiger partial charge >= 0.3 is 0 Å². The van der Waals surface area contributed by atoms with E-state index >= 15 is 0 Å². The lowest BCUT2D eigenvalue weighted by Crippen LogP contribution is -2.33. The molecule has 65 valence electrons. The smallest absolute Gasteiger partial charge is 0.211 e. The van der Waals surface area contributed by atoms with Crippen molar-refractivity contribution in [3.63, 3.8) is 0 Å². The molecule has 1 atom stereocenters. The average Bonchev–Trinajstić information content (AvgIpc) is 1.85. The third kappa shape index (κ3) is 4.41. The van der Waals surface area contributed by atoms with Gasteiger partial charge in [-0.1, -0.05) is 12.2 Å². The van der Waals surface area contributed by atoms with Gasteiger partial charge in [0.1, 0.15) is 6.10 Å². The average molecular weight is 196 g/mol. The van der Waals surface area contributed by atoms with Gasteiger partial charge in [-0.2, -0.15) is 0 Å². The summed E-state index contributed by atoms with van der Waals surface area (Å²) in [6.07, 6.45) is 0.0630. The standard InChI is InChI=1S/C5H10NO3S2/c1-6(11(2,8)9)3-5(7)4-10/h5,7H,3H2,1-2H3. The van der Waals surface area contributed by atoms with Crippen LogP contribution in [0, 0.1) is 0 Å². The predicted molar refractivity (Wildman–Crippen MR) is 46.1 cm³/mol. The highest BCUT2D eigenvalue weighted by Gasteiger charge is 2.13. The number of likely N-dealkylation sites (N-methyl/N-ethyl adjacent to an activating group) is 1. The molecule has 0 fully saturated rings. The summed E-state index contributed by atoms with van der Waals surface area (Å²) < 4.78 is 22.5. The lowest BCUT2D eigenvalue weighted by atomic mass is 10.4. The summed E-state index contributed by atoms with van der Waals surface area (Å²) in [6, 6.07) is 0. The summed E-state index contributed by atoms with van der Waals surface area (Å²) in [5.74, 6) is 0. The molecule has 1 unspecified atom stereocenters. The van der Waals surface area contributed by atoms with E-state index in [2.05, 4.69) is 17.6 Å². The summed E-state index contributed by atoms with van der Waals surface area (Å²) in [5, 5.41) is 11.0. The third-order valence-corrected chi connectivity index (χ3v) is 2.69. The number of hydrogen-bond donors (Lipinski definition) is 1. The van der Waals surface area contributed by atoms with E-state index in [1.165, 1.54) is 7.05 Å². The normalized spacial score (nSPS) is 14.9. The van der Waals surface area contributed by atoms with Gasteiger partial charge in [0.2, 0.25) is 10.0 Å². The van der Waals surface area contributed by atoms with E-state index < -0.39 is 16.1 Å². The molecule has 1 radical (unpaired) electrons. The molecule has 1 N–H and O–H groups in total. The Morgan fingerprint density at radius 1 is 1.73 bits per heavy atom. The van der Waals surface area contributed by atoms with Crippen LogP contribution in [-0.4, -0.2) is 49.1 Å². The minimum absolute atomic E-state index is 0.0394. The fourth-order valence-corrected chi connectivity index (χ4v) is 0.903. The van der Waals surface area contributed by atoms with Crippen molar-refractivity contribution in [2.45, 2.75) is 6.10 Å². The van der Waals surface area contributed by atoms with Gasteiger partial charge in [-0.15, -0.1) is 0 Å². The maximum atomic E-state index is 10.7. The van der Waals surface area contributed by atoms with Crippen LogP contribution in [0.25, 0.3) is 0 Å². The van der Waals surface area contributed by atoms with Crippen molar-refractivity contribution in [3.05, 3.63) is 0 Å². The molecular weight excluding hydrogens is 186 g/mol. The Labute approximate surface area is 71.9 Å². The van der Waals surface area contributed by atoms with Gasteiger partial charge in [0, 0.05) is 13.6 Å². The molecule has 0 aliphatic carbocycles. The molecule has 0 saturated heterocycles. The lowest BCUT2D eigenvalue weighted by molar-refractivity contribution is 0.220. The van der Waals surface area contributed by atoms with Crippen molar-refractivity contribution < 1.29 is 13.5 Å². The number of hydrogen-bond acceptors (Lipinski definition) is 4. The fourth-order valence-electron chi connectivity index (χ4n) is 0.416. The quantitative estimate of drug-likeness (QED) is 0.593. The van der Waals surface area contributed by atoms with Crippen molar-refractivity contribution in [2.75, 3.05) is 19.8 Å². The van der Waals surface area contributed by atoms with Crippen LogP contribution >= 0.6 is 12.2 Å². The lowest BCUT2D eigenvalue weighted by Gasteiger charge is -2.14. The summed E-state index contributed by atoms with van der Waals surface area (Å²) >= 11 is 4.29. The Morgan fingerprint density at radius 3 is 2.45 bits per heavy atom. The second-order valence-corrected chi connectivity index (χ2v) is 4.50. The van der Waals surface area contributed by atoms with Crippen molar-refractivity contribution >= 4 is 27.6 Å². The van der Waals surface area contributed by atoms with E-state index in [9.17, 15) is 8.42 Å². The molecule has 0 heterocycles. The van der Waals surface area contributed by atoms with Crippen molar-refractivity contribution in [1.29, 1.82) is 0 Å². The second-order valence-electron chi connectivity index (χ2n) is 2.18. The fraction of sp³-hybridized carbons (Fsp3) is 0.800. The maximum Gasteiger partial charge on any atom is 0.211 e. The first-order chi connectivity index (χ1) is 4.88. The monoisotopic (exact) mass is 196 g/mol. The van der Waals surface area contributed by atoms with Gasteiger partial charge in [0.25, 0.3) is 0 Å². The minimum atomic E-state index is -3.22. The molecule has 0 spiro atoms. The molecule has 0 aromatic rings. The summed E-state index contributed by atoms with van der Waals surface area (Å²) in [5.41, 5.74) is 0. The number of aliphatic hydroxyl groups is 1. The molecule has 0 saturated carbocycles. The number of nitrogens with zero attached hydrogens (tertiary/aromatic N) is 1. The van der Waals surface area contributed by atoms with Gasteiger partial charge in [-0.05, 0) is 0 Å². The molecule has 4 nitrogen and oxygen atoms in total. The van der Waals surface area contributed by atoms with E-state index in [-0.39, 0.29) is 6.54 Å². The van der Waals surface area contributed by atoms with Crippen molar-refractivity contribution in [3.8, 4) is 0 Å². The van der Waals surface area contributed by atoms with Crippen LogP contribution in [0.1, 0.15) is 0 Å². The highest BCUT2D eigenvalue weighted by Crippen LogP contribution is 1.93. The van der Waals surface area contributed by atoms with Crippen LogP contribution in [0.2, 0.25) is 0 Å². The topological polar surface area (TPSA) is 57.6 Å². The van der Waals surface area contributed by atoms with Gasteiger partial charge in [-0.25, -0.2) is 12.7 Å². The van der Waals surface area contributed by atoms with Crippen LogP contribution < -0.4 is 0 Å². The summed E-state index contributed by atoms with van der Waals surface area (Å²) in [6.45, 7) is -0.0394. The SMILES string of the molecule is CN(CC(O)[C]=S)S(C)(=O)=O. The first-order valence-electron chi connectivity index (χ1n) is 2.85. The molecule has 0 aliphatic heterocycles. The van der Waals surface area contributed by atoms with Crippen LogP contribution in [0.15, 0.2) is 0 Å². The highest BCUT2D eigenvalue weighted by molar-refractivity contribution is 7.88. The predicted octanol–water partition coefficient (Wildman–Crippen LogP) is -0.885. The zero-order valence-electron chi connectivity index (χ0n) is 6.31. The van der Waals surface area contributed by atoms with Gasteiger partial charge in [-0.3, -0.25) is 0 Å². The molecule has 0 aromatic heterocycles. The Kier molecular flexibility index (Phi) is 4.09. The Hall–Kier alpha value is -0.0400. The summed E-state index contributed by atoms with van der Waals surface area (Å²) in [4.78, 5) is 0. The molecule has 6 heteroatoms. The number of thiocarbonyl (C=S) groups is 1. The first kappa shape index (κ1) is 11.0. The van der Waals surface area contributed by atoms with E-state index in [0.29, 0.717) is 0 Å². The molecule has 0 rings (SSSR count). The van der Waals surface area contributed by atoms with Crippen LogP contribution in [-0.2, 0) is 10.0 Å². The largest absolute Gasteiger partial charge is 0.386 e. The minimum Gasteiger partial charge on any atom is -0.386 e. The zero-order valence-corrected chi connectivity index (χ0v) is 7.94. The number of rotatable bonds is 4. The molecule has 0 aliphatic rings. The van der Waals surface area contributed by atoms with E-state index in [0.717, 1.165) is 10.6 Å². The van der Waals surface area contributed by atoms with Gasteiger partial charge in [0.15, 0.2) is 0 Å². The maximum absolute atomic E-state index is 10.7. The number of aliphatic hydroxyl groups excluding tert-OH is 1. The Morgan fingerprint density at radius 2 is 2.18 bits per heavy atom. The van der Waals surface area contributed by atoms with E-state index in [4.69, 9.17) is 5.11 Å². The van der Waals surface area contributed by atoms with E-state index in [1.807, 2.05) is 0 Å². The number of sulfonamides is 1. The molecule has 0 bridgehead atoms. The van der Waals surface area contributed by atoms with E-state index in [1.54, 1.807) is 0 Å². The van der Waals surface area contributed by atoms with Gasteiger partial charge < -0.3 is 5.11 Å².